The zero-order valence-corrected chi connectivity index (χ0v) is 17.2. The molecule has 7 heteroatoms. The summed E-state index contributed by atoms with van der Waals surface area (Å²) in [4.78, 5) is 28.1. The fourth-order valence-corrected chi connectivity index (χ4v) is 4.65. The number of anilines is 1. The molecule has 4 rings (SSSR count). The zero-order valence-electron chi connectivity index (χ0n) is 16.4. The van der Waals surface area contributed by atoms with Crippen molar-refractivity contribution in [2.75, 3.05) is 25.6 Å². The first-order valence-electron chi connectivity index (χ1n) is 9.59. The minimum absolute atomic E-state index is 0.00638. The van der Waals surface area contributed by atoms with E-state index in [1.54, 1.807) is 35.6 Å². The van der Waals surface area contributed by atoms with Crippen molar-refractivity contribution < 1.29 is 18.7 Å². The van der Waals surface area contributed by atoms with Crippen molar-refractivity contribution in [1.82, 2.24) is 4.90 Å². The van der Waals surface area contributed by atoms with Crippen LogP contribution in [0.4, 0.5) is 10.1 Å². The number of methoxy groups -OCH3 is 1. The van der Waals surface area contributed by atoms with Crippen molar-refractivity contribution in [1.29, 1.82) is 0 Å². The van der Waals surface area contributed by atoms with Gasteiger partial charge in [-0.25, -0.2) is 4.39 Å². The first-order valence-corrected chi connectivity index (χ1v) is 10.5. The van der Waals surface area contributed by atoms with Gasteiger partial charge in [0, 0.05) is 24.2 Å². The Kier molecular flexibility index (Phi) is 5.92. The smallest absolute Gasteiger partial charge is 0.258 e. The molecular weight excluding hydrogens is 403 g/mol. The van der Waals surface area contributed by atoms with Gasteiger partial charge in [-0.1, -0.05) is 24.3 Å². The van der Waals surface area contributed by atoms with Crippen LogP contribution in [0.2, 0.25) is 0 Å². The molecular formula is C23H21FN2O3S. The van der Waals surface area contributed by atoms with E-state index in [1.807, 2.05) is 22.4 Å². The van der Waals surface area contributed by atoms with Gasteiger partial charge in [0.1, 0.15) is 12.4 Å². The normalized spacial score (nSPS) is 15.5. The summed E-state index contributed by atoms with van der Waals surface area (Å²) in [5.74, 6) is -1.13. The van der Waals surface area contributed by atoms with E-state index in [9.17, 15) is 14.0 Å². The predicted molar refractivity (Wildman–Crippen MR) is 114 cm³/mol. The number of fused-ring (bicyclic) bond motifs is 1. The van der Waals surface area contributed by atoms with Gasteiger partial charge in [0.2, 0.25) is 5.91 Å². The quantitative estimate of drug-likeness (QED) is 0.666. The Labute approximate surface area is 178 Å². The highest BCUT2D eigenvalue weighted by molar-refractivity contribution is 7.10. The summed E-state index contributed by atoms with van der Waals surface area (Å²) in [6.07, 6.45) is 0.829. The third kappa shape index (κ3) is 3.99. The molecule has 5 nitrogen and oxygen atoms in total. The van der Waals surface area contributed by atoms with E-state index in [0.717, 1.165) is 17.5 Å². The van der Waals surface area contributed by atoms with Gasteiger partial charge in [-0.05, 0) is 53.3 Å². The molecule has 0 saturated heterocycles. The van der Waals surface area contributed by atoms with Crippen LogP contribution in [0.5, 0.6) is 0 Å². The van der Waals surface area contributed by atoms with E-state index in [2.05, 4.69) is 11.4 Å². The Morgan fingerprint density at radius 2 is 1.93 bits per heavy atom. The van der Waals surface area contributed by atoms with Crippen molar-refractivity contribution in [3.63, 3.8) is 0 Å². The molecule has 1 aromatic heterocycles. The Morgan fingerprint density at radius 3 is 2.67 bits per heavy atom. The molecule has 0 aliphatic carbocycles. The molecule has 0 unspecified atom stereocenters. The molecule has 2 aromatic carbocycles. The Hall–Kier alpha value is -3.03. The molecule has 1 aliphatic rings. The summed E-state index contributed by atoms with van der Waals surface area (Å²) in [7, 11) is 1.51. The lowest BCUT2D eigenvalue weighted by atomic mass is 9.93. The van der Waals surface area contributed by atoms with Crippen LogP contribution in [-0.4, -0.2) is 37.0 Å². The van der Waals surface area contributed by atoms with Gasteiger partial charge >= 0.3 is 0 Å². The predicted octanol–water partition coefficient (Wildman–Crippen LogP) is 4.26. The largest absolute Gasteiger partial charge is 0.375 e. The van der Waals surface area contributed by atoms with E-state index in [0.29, 0.717) is 12.2 Å². The topological polar surface area (TPSA) is 58.6 Å². The lowest BCUT2D eigenvalue weighted by Crippen LogP contribution is -2.41. The van der Waals surface area contributed by atoms with Crippen LogP contribution in [0, 0.1) is 5.82 Å². The highest BCUT2D eigenvalue weighted by Gasteiger charge is 2.32. The molecule has 1 aliphatic heterocycles. The van der Waals surface area contributed by atoms with E-state index >= 15 is 0 Å². The van der Waals surface area contributed by atoms with Gasteiger partial charge in [-0.2, -0.15) is 0 Å². The highest BCUT2D eigenvalue weighted by Crippen LogP contribution is 2.38. The average Bonchev–Trinajstić information content (AvgIpc) is 3.23. The lowest BCUT2D eigenvalue weighted by Gasteiger charge is -2.36. The van der Waals surface area contributed by atoms with Gasteiger partial charge in [-0.3, -0.25) is 9.59 Å². The minimum atomic E-state index is -0.564. The molecule has 154 valence electrons. The number of benzene rings is 2. The molecule has 2 heterocycles. The van der Waals surface area contributed by atoms with Crippen LogP contribution >= 0.6 is 11.3 Å². The average molecular weight is 424 g/mol. The third-order valence-electron chi connectivity index (χ3n) is 5.16. The molecule has 0 radical (unpaired) electrons. The third-order valence-corrected chi connectivity index (χ3v) is 6.15. The SMILES string of the molecule is COCC(=O)N1CCc2sccc2[C@H]1c1ccc(NC(=O)c2ccccc2F)cc1. The second-order valence-electron chi connectivity index (χ2n) is 7.03. The van der Waals surface area contributed by atoms with Gasteiger partial charge in [-0.15, -0.1) is 11.3 Å². The Bertz CT molecular complexity index is 1060. The highest BCUT2D eigenvalue weighted by atomic mass is 32.1. The van der Waals surface area contributed by atoms with Crippen molar-refractivity contribution >= 4 is 28.8 Å². The number of rotatable bonds is 5. The molecule has 0 spiro atoms. The van der Waals surface area contributed by atoms with E-state index in [1.165, 1.54) is 24.1 Å². The second-order valence-corrected chi connectivity index (χ2v) is 8.03. The van der Waals surface area contributed by atoms with Crippen LogP contribution in [0.1, 0.15) is 32.4 Å². The molecule has 1 atom stereocenters. The number of ether oxygens (including phenoxy) is 1. The Balaban J connectivity index is 1.58. The van der Waals surface area contributed by atoms with Crippen LogP contribution in [0.15, 0.2) is 60.0 Å². The number of carbonyl (C=O) groups is 2. The van der Waals surface area contributed by atoms with Crippen LogP contribution in [0.3, 0.4) is 0 Å². The van der Waals surface area contributed by atoms with Gasteiger partial charge in [0.25, 0.3) is 5.91 Å². The molecule has 2 amide bonds. The molecule has 3 aromatic rings. The first-order chi connectivity index (χ1) is 14.6. The number of carbonyl (C=O) groups excluding carboxylic acids is 2. The summed E-state index contributed by atoms with van der Waals surface area (Å²) in [5.41, 5.74) is 2.62. The standard InChI is InChI=1S/C23H21FN2O3S/c1-29-14-21(27)26-12-10-20-18(11-13-30-20)22(26)15-6-8-16(9-7-15)25-23(28)17-4-2-3-5-19(17)24/h2-9,11,13,22H,10,12,14H2,1H3,(H,25,28)/t22-/m1/s1. The van der Waals surface area contributed by atoms with Crippen molar-refractivity contribution in [2.24, 2.45) is 0 Å². The van der Waals surface area contributed by atoms with Gasteiger partial charge in [0.05, 0.1) is 11.6 Å². The summed E-state index contributed by atoms with van der Waals surface area (Å²) < 4.78 is 18.9. The van der Waals surface area contributed by atoms with E-state index < -0.39 is 11.7 Å². The minimum Gasteiger partial charge on any atom is -0.375 e. The maximum atomic E-state index is 13.8. The van der Waals surface area contributed by atoms with E-state index in [4.69, 9.17) is 4.74 Å². The summed E-state index contributed by atoms with van der Waals surface area (Å²) in [6, 6.07) is 15.0. The fourth-order valence-electron chi connectivity index (χ4n) is 3.74. The van der Waals surface area contributed by atoms with Crippen molar-refractivity contribution in [2.45, 2.75) is 12.5 Å². The second kappa shape index (κ2) is 8.77. The number of nitrogens with one attached hydrogen (secondary N) is 1. The molecule has 30 heavy (non-hydrogen) atoms. The number of nitrogens with zero attached hydrogens (tertiary/aromatic N) is 1. The number of halogens is 1. The summed E-state index contributed by atoms with van der Waals surface area (Å²) in [6.45, 7) is 0.666. The number of hydrogen-bond donors (Lipinski definition) is 1. The fraction of sp³-hybridized carbons (Fsp3) is 0.217. The van der Waals surface area contributed by atoms with Crippen molar-refractivity contribution in [3.05, 3.63) is 87.4 Å². The summed E-state index contributed by atoms with van der Waals surface area (Å²) >= 11 is 1.70. The number of hydrogen-bond acceptors (Lipinski definition) is 4. The maximum absolute atomic E-state index is 13.8. The van der Waals surface area contributed by atoms with Gasteiger partial charge < -0.3 is 15.0 Å². The van der Waals surface area contributed by atoms with E-state index in [-0.39, 0.29) is 24.1 Å². The van der Waals surface area contributed by atoms with Crippen LogP contribution in [-0.2, 0) is 16.0 Å². The van der Waals surface area contributed by atoms with Crippen molar-refractivity contribution in [3.8, 4) is 0 Å². The number of amides is 2. The van der Waals surface area contributed by atoms with Crippen LogP contribution in [0.25, 0.3) is 0 Å². The maximum Gasteiger partial charge on any atom is 0.258 e. The molecule has 0 bridgehead atoms. The first kappa shape index (κ1) is 20.3. The van der Waals surface area contributed by atoms with Gasteiger partial charge in [0.15, 0.2) is 0 Å². The monoisotopic (exact) mass is 424 g/mol. The Morgan fingerprint density at radius 1 is 1.17 bits per heavy atom. The lowest BCUT2D eigenvalue weighted by molar-refractivity contribution is -0.137. The molecule has 0 fully saturated rings. The van der Waals surface area contributed by atoms with Crippen LogP contribution < -0.4 is 5.32 Å². The summed E-state index contributed by atoms with van der Waals surface area (Å²) in [5, 5.41) is 4.77. The number of thiophene rings is 1. The zero-order chi connectivity index (χ0) is 21.1. The molecule has 1 N–H and O–H groups in total. The molecule has 0 saturated carbocycles.